The molecule has 0 fully saturated rings. The lowest BCUT2D eigenvalue weighted by Gasteiger charge is -2.03. The predicted molar refractivity (Wildman–Crippen MR) is 128 cm³/mol. The fourth-order valence-corrected chi connectivity index (χ4v) is 2.30. The number of halogens is 2. The summed E-state index contributed by atoms with van der Waals surface area (Å²) in [4.78, 5) is 18.8. The van der Waals surface area contributed by atoms with E-state index >= 15 is 0 Å². The molecule has 3 aromatic heterocycles. The van der Waals surface area contributed by atoms with Crippen LogP contribution in [0.25, 0.3) is 11.2 Å². The summed E-state index contributed by atoms with van der Waals surface area (Å²) in [6, 6.07) is 1.85. The van der Waals surface area contributed by atoms with E-state index in [4.69, 9.17) is 28.9 Å². The molecule has 6 nitrogen and oxygen atoms in total. The molecule has 3 N–H and O–H groups in total. The Bertz CT molecular complexity index is 910. The molecule has 0 unspecified atom stereocenters. The maximum Gasteiger partial charge on any atom is 0.159 e. The van der Waals surface area contributed by atoms with Gasteiger partial charge in [-0.15, -0.1) is 5.54 Å². The maximum absolute atomic E-state index is 5.61. The van der Waals surface area contributed by atoms with Crippen LogP contribution in [0.2, 0.25) is 29.9 Å². The molecule has 3 heterocycles. The molecule has 0 aromatic carbocycles. The van der Waals surface area contributed by atoms with Crippen LogP contribution in [-0.4, -0.2) is 33.0 Å². The Balaban J connectivity index is -0.000000403. The van der Waals surface area contributed by atoms with E-state index in [1.807, 2.05) is 6.07 Å². The highest BCUT2D eigenvalue weighted by atomic mass is 35.5. The van der Waals surface area contributed by atoms with E-state index in [-0.39, 0.29) is 29.7 Å². The van der Waals surface area contributed by atoms with Gasteiger partial charge >= 0.3 is 0 Å². The normalized spacial score (nSPS) is 9.04. The van der Waals surface area contributed by atoms with Crippen LogP contribution in [-0.2, 0) is 0 Å². The molecular weight excluding hydrogens is 411 g/mol. The van der Waals surface area contributed by atoms with E-state index in [0.29, 0.717) is 21.8 Å². The van der Waals surface area contributed by atoms with Crippen molar-refractivity contribution in [2.24, 2.45) is 0 Å². The summed E-state index contributed by atoms with van der Waals surface area (Å²) in [6.45, 7) is 6.46. The number of hydrogen-bond acceptors (Lipinski definition) is 5. The number of nitrogens with one attached hydrogen (secondary N) is 1. The van der Waals surface area contributed by atoms with Crippen LogP contribution in [0.5, 0.6) is 0 Å². The van der Waals surface area contributed by atoms with Gasteiger partial charge in [0, 0.05) is 6.20 Å². The SMILES string of the molecule is C.C.C.C.C[Si](C)(C)C#Cc1ncc(Cl)nc1N.Clc1cnc2cc[nH]c2n1. The fraction of sp³-hybridized carbons (Fsp3) is 0.368. The van der Waals surface area contributed by atoms with Gasteiger partial charge < -0.3 is 10.7 Å². The van der Waals surface area contributed by atoms with Crippen LogP contribution in [0.4, 0.5) is 5.82 Å². The van der Waals surface area contributed by atoms with Crippen molar-refractivity contribution in [2.75, 3.05) is 5.73 Å². The molecular formula is C19H32Cl2N6Si. The lowest BCUT2D eigenvalue weighted by atomic mass is 10.4. The van der Waals surface area contributed by atoms with Crippen molar-refractivity contribution >= 4 is 48.3 Å². The van der Waals surface area contributed by atoms with E-state index in [2.05, 4.69) is 56.0 Å². The predicted octanol–water partition coefficient (Wildman–Crippen LogP) is 6.10. The second kappa shape index (κ2) is 13.1. The summed E-state index contributed by atoms with van der Waals surface area (Å²) < 4.78 is 0. The monoisotopic (exact) mass is 442 g/mol. The Labute approximate surface area is 180 Å². The van der Waals surface area contributed by atoms with Gasteiger partial charge in [0.05, 0.1) is 12.4 Å². The highest BCUT2D eigenvalue weighted by Gasteiger charge is 2.08. The van der Waals surface area contributed by atoms with Gasteiger partial charge in [0.15, 0.2) is 17.2 Å². The molecule has 0 bridgehead atoms. The molecule has 3 rings (SSSR count). The molecule has 0 radical (unpaired) electrons. The molecule has 9 heteroatoms. The van der Waals surface area contributed by atoms with Crippen molar-refractivity contribution in [2.45, 2.75) is 49.3 Å². The Morgan fingerprint density at radius 2 is 1.54 bits per heavy atom. The summed E-state index contributed by atoms with van der Waals surface area (Å²) in [5, 5.41) is 0.705. The lowest BCUT2D eigenvalue weighted by molar-refractivity contribution is 1.19. The van der Waals surface area contributed by atoms with Crippen LogP contribution < -0.4 is 5.73 Å². The number of rotatable bonds is 0. The molecule has 0 amide bonds. The zero-order chi connectivity index (χ0) is 17.7. The zero-order valence-electron chi connectivity index (χ0n) is 13.4. The van der Waals surface area contributed by atoms with E-state index in [9.17, 15) is 0 Å². The number of aromatic amines is 1. The van der Waals surface area contributed by atoms with Crippen molar-refractivity contribution in [3.8, 4) is 11.5 Å². The van der Waals surface area contributed by atoms with Crippen LogP contribution in [0.1, 0.15) is 35.4 Å². The first-order valence-corrected chi connectivity index (χ1v) is 11.3. The number of fused-ring (bicyclic) bond motifs is 1. The first kappa shape index (κ1) is 30.6. The summed E-state index contributed by atoms with van der Waals surface area (Å²) in [7, 11) is -1.39. The standard InChI is InChI=1S/C9H12ClN3Si.C6H4ClN3.4CH4/c1-14(2,3)5-4-7-9(11)13-8(10)6-12-7;7-5-3-9-4-1-2-8-6(4)10-5;;;;/h6H,1-3H3,(H2,11,13);1-3H,(H,8,10);4*1H4. The van der Waals surface area contributed by atoms with Crippen molar-refractivity contribution in [3.63, 3.8) is 0 Å². The summed E-state index contributed by atoms with van der Waals surface area (Å²) in [6.07, 6.45) is 4.75. The molecule has 0 atom stereocenters. The first-order chi connectivity index (χ1) is 11.2. The van der Waals surface area contributed by atoms with Crippen molar-refractivity contribution < 1.29 is 0 Å². The topological polar surface area (TPSA) is 93.4 Å². The second-order valence-corrected chi connectivity index (χ2v) is 11.4. The Hall–Kier alpha value is -2.14. The van der Waals surface area contributed by atoms with Crippen molar-refractivity contribution in [3.05, 3.63) is 40.7 Å². The second-order valence-electron chi connectivity index (χ2n) is 5.83. The lowest BCUT2D eigenvalue weighted by Crippen LogP contribution is -2.16. The molecule has 0 spiro atoms. The minimum atomic E-state index is -1.39. The first-order valence-electron chi connectivity index (χ1n) is 7.01. The van der Waals surface area contributed by atoms with Crippen molar-refractivity contribution in [1.82, 2.24) is 24.9 Å². The average molecular weight is 443 g/mol. The minimum absolute atomic E-state index is 0. The number of nitrogens with two attached hydrogens (primary N) is 1. The Kier molecular flexibility index (Phi) is 14.3. The van der Waals surface area contributed by atoms with Crippen LogP contribution in [0.3, 0.4) is 0 Å². The quantitative estimate of drug-likeness (QED) is 0.324. The van der Waals surface area contributed by atoms with Gasteiger partial charge in [0.25, 0.3) is 0 Å². The molecule has 0 saturated carbocycles. The molecule has 28 heavy (non-hydrogen) atoms. The third-order valence-electron chi connectivity index (χ3n) is 2.56. The minimum Gasteiger partial charge on any atom is -0.381 e. The number of nitrogen functional groups attached to an aromatic ring is 1. The third kappa shape index (κ3) is 9.69. The molecule has 0 saturated heterocycles. The maximum atomic E-state index is 5.61. The van der Waals surface area contributed by atoms with E-state index in [0.717, 1.165) is 11.2 Å². The highest BCUT2D eigenvalue weighted by molar-refractivity contribution is 6.83. The van der Waals surface area contributed by atoms with Gasteiger partial charge in [-0.3, -0.25) is 0 Å². The fourth-order valence-electron chi connectivity index (χ4n) is 1.53. The van der Waals surface area contributed by atoms with E-state index in [1.165, 1.54) is 12.4 Å². The number of anilines is 1. The van der Waals surface area contributed by atoms with E-state index < -0.39 is 8.07 Å². The van der Waals surface area contributed by atoms with Gasteiger partial charge in [0.1, 0.15) is 23.9 Å². The van der Waals surface area contributed by atoms with E-state index in [1.54, 1.807) is 6.20 Å². The third-order valence-corrected chi connectivity index (χ3v) is 3.80. The van der Waals surface area contributed by atoms with Gasteiger partial charge in [-0.05, 0) is 6.07 Å². The van der Waals surface area contributed by atoms with Gasteiger partial charge in [-0.2, -0.15) is 0 Å². The average Bonchev–Trinajstić information content (AvgIpc) is 2.93. The number of aromatic nitrogens is 5. The molecule has 0 aliphatic heterocycles. The summed E-state index contributed by atoms with van der Waals surface area (Å²) in [5.74, 6) is 3.23. The molecule has 0 aliphatic carbocycles. The molecule has 156 valence electrons. The highest BCUT2D eigenvalue weighted by Crippen LogP contribution is 2.10. The largest absolute Gasteiger partial charge is 0.381 e. The van der Waals surface area contributed by atoms with Crippen molar-refractivity contribution in [1.29, 1.82) is 0 Å². The zero-order valence-corrected chi connectivity index (χ0v) is 15.9. The Morgan fingerprint density at radius 1 is 0.964 bits per heavy atom. The smallest absolute Gasteiger partial charge is 0.159 e. The number of nitrogens with zero attached hydrogens (tertiary/aromatic N) is 4. The van der Waals surface area contributed by atoms with Crippen LogP contribution in [0.15, 0.2) is 24.7 Å². The number of hydrogen-bond donors (Lipinski definition) is 2. The molecule has 3 aromatic rings. The van der Waals surface area contributed by atoms with Crippen LogP contribution in [0, 0.1) is 11.5 Å². The molecule has 0 aliphatic rings. The summed E-state index contributed by atoms with van der Waals surface area (Å²) >= 11 is 11.2. The number of H-pyrrole nitrogens is 1. The van der Waals surface area contributed by atoms with Gasteiger partial charge in [-0.25, -0.2) is 19.9 Å². The Morgan fingerprint density at radius 3 is 2.11 bits per heavy atom. The summed E-state index contributed by atoms with van der Waals surface area (Å²) in [5.41, 5.74) is 10.8. The van der Waals surface area contributed by atoms with Gasteiger partial charge in [-0.1, -0.05) is 78.5 Å². The van der Waals surface area contributed by atoms with Gasteiger partial charge in [0.2, 0.25) is 0 Å². The van der Waals surface area contributed by atoms with Crippen LogP contribution >= 0.6 is 23.2 Å².